The molecule has 2 aliphatic rings. The van der Waals surface area contributed by atoms with Crippen LogP contribution in [0.3, 0.4) is 0 Å². The highest BCUT2D eigenvalue weighted by Gasteiger charge is 2.42. The lowest BCUT2D eigenvalue weighted by molar-refractivity contribution is 0.0433. The third kappa shape index (κ3) is 2.96. The van der Waals surface area contributed by atoms with E-state index in [2.05, 4.69) is 10.3 Å². The zero-order valence-corrected chi connectivity index (χ0v) is 15.8. The van der Waals surface area contributed by atoms with E-state index in [4.69, 9.17) is 0 Å². The summed E-state index contributed by atoms with van der Waals surface area (Å²) in [5, 5.41) is 18.1. The van der Waals surface area contributed by atoms with E-state index in [9.17, 15) is 14.7 Å². The highest BCUT2D eigenvalue weighted by molar-refractivity contribution is 5.92. The number of nitrogens with zero attached hydrogens (tertiary/aromatic N) is 5. The number of aromatic nitrogens is 4. The SMILES string of the molecule is O=C(c1cn(-c2ccccc2)nn1)N1C[C@H]2C[C@@H](C1)[C@H](CO)n1c2cccc1=O. The lowest BCUT2D eigenvalue weighted by Gasteiger charge is -2.46. The van der Waals surface area contributed by atoms with Gasteiger partial charge in [0.05, 0.1) is 24.5 Å². The van der Waals surface area contributed by atoms with Gasteiger partial charge in [-0.1, -0.05) is 29.5 Å². The molecule has 1 N–H and O–H groups in total. The Balaban J connectivity index is 1.44. The molecule has 2 aliphatic heterocycles. The van der Waals surface area contributed by atoms with E-state index in [1.807, 2.05) is 36.4 Å². The van der Waals surface area contributed by atoms with Crippen LogP contribution in [0.2, 0.25) is 0 Å². The summed E-state index contributed by atoms with van der Waals surface area (Å²) < 4.78 is 3.30. The van der Waals surface area contributed by atoms with Crippen LogP contribution in [-0.2, 0) is 0 Å². The van der Waals surface area contributed by atoms with Crippen LogP contribution in [0.1, 0.15) is 34.6 Å². The van der Waals surface area contributed by atoms with Crippen molar-refractivity contribution in [2.24, 2.45) is 5.92 Å². The summed E-state index contributed by atoms with van der Waals surface area (Å²) >= 11 is 0. The van der Waals surface area contributed by atoms with Crippen LogP contribution in [0.5, 0.6) is 0 Å². The third-order valence-corrected chi connectivity index (χ3v) is 6.01. The molecule has 1 fully saturated rings. The topological polar surface area (TPSA) is 93.2 Å². The van der Waals surface area contributed by atoms with Crippen LogP contribution in [0.4, 0.5) is 0 Å². The molecule has 4 heterocycles. The van der Waals surface area contributed by atoms with Gasteiger partial charge < -0.3 is 14.6 Å². The molecule has 2 aromatic heterocycles. The normalized spacial score (nSPS) is 22.9. The molecule has 5 rings (SSSR count). The average Bonchev–Trinajstić information content (AvgIpc) is 3.25. The fraction of sp³-hybridized carbons (Fsp3) is 0.333. The second-order valence-corrected chi connectivity index (χ2v) is 7.70. The molecule has 8 heteroatoms. The maximum absolute atomic E-state index is 13.1. The first-order valence-corrected chi connectivity index (χ1v) is 9.75. The van der Waals surface area contributed by atoms with Crippen molar-refractivity contribution in [3.05, 3.63) is 76.5 Å². The molecule has 1 aromatic carbocycles. The minimum Gasteiger partial charge on any atom is -0.394 e. The Bertz CT molecular complexity index is 1110. The van der Waals surface area contributed by atoms with Gasteiger partial charge in [0, 0.05) is 36.7 Å². The lowest BCUT2D eigenvalue weighted by atomic mass is 9.78. The number of carbonyl (C=O) groups excluding carboxylic acids is 1. The van der Waals surface area contributed by atoms with Gasteiger partial charge in [0.2, 0.25) is 0 Å². The quantitative estimate of drug-likeness (QED) is 0.725. The van der Waals surface area contributed by atoms with Gasteiger partial charge in [-0.2, -0.15) is 0 Å². The van der Waals surface area contributed by atoms with Crippen LogP contribution >= 0.6 is 0 Å². The minimum atomic E-state index is -0.314. The first-order valence-electron chi connectivity index (χ1n) is 9.75. The second-order valence-electron chi connectivity index (χ2n) is 7.70. The maximum atomic E-state index is 13.1. The monoisotopic (exact) mass is 391 g/mol. The number of aliphatic hydroxyl groups excluding tert-OH is 1. The van der Waals surface area contributed by atoms with E-state index in [1.54, 1.807) is 26.4 Å². The molecular formula is C21H21N5O3. The van der Waals surface area contributed by atoms with Crippen molar-refractivity contribution in [2.45, 2.75) is 18.4 Å². The molecule has 2 bridgehead atoms. The summed E-state index contributed by atoms with van der Waals surface area (Å²) in [6.07, 6.45) is 2.50. The van der Waals surface area contributed by atoms with Gasteiger partial charge in [0.1, 0.15) is 0 Å². The van der Waals surface area contributed by atoms with Crippen molar-refractivity contribution in [1.29, 1.82) is 0 Å². The van der Waals surface area contributed by atoms with Crippen LogP contribution in [0.15, 0.2) is 59.5 Å². The Morgan fingerprint density at radius 2 is 1.93 bits per heavy atom. The van der Waals surface area contributed by atoms with Crippen molar-refractivity contribution in [1.82, 2.24) is 24.5 Å². The smallest absolute Gasteiger partial charge is 0.276 e. The molecule has 3 aromatic rings. The molecule has 0 aliphatic carbocycles. The number of benzene rings is 1. The molecule has 29 heavy (non-hydrogen) atoms. The summed E-state index contributed by atoms with van der Waals surface area (Å²) in [6, 6.07) is 14.4. The summed E-state index contributed by atoms with van der Waals surface area (Å²) in [6.45, 7) is 0.884. The van der Waals surface area contributed by atoms with Gasteiger partial charge in [-0.25, -0.2) is 4.68 Å². The van der Waals surface area contributed by atoms with E-state index < -0.39 is 0 Å². The molecule has 1 amide bonds. The van der Waals surface area contributed by atoms with Gasteiger partial charge in [-0.3, -0.25) is 9.59 Å². The number of likely N-dealkylation sites (tertiary alicyclic amines) is 1. The van der Waals surface area contributed by atoms with E-state index in [1.165, 1.54) is 6.07 Å². The van der Waals surface area contributed by atoms with Crippen LogP contribution in [0.25, 0.3) is 5.69 Å². The van der Waals surface area contributed by atoms with Crippen LogP contribution in [-0.4, -0.2) is 55.2 Å². The summed E-state index contributed by atoms with van der Waals surface area (Å²) in [5.74, 6) is -0.0802. The predicted molar refractivity (Wildman–Crippen MR) is 105 cm³/mol. The number of amides is 1. The molecule has 0 spiro atoms. The summed E-state index contributed by atoms with van der Waals surface area (Å²) in [5.41, 5.74) is 1.92. The van der Waals surface area contributed by atoms with E-state index in [-0.39, 0.29) is 36.0 Å². The van der Waals surface area contributed by atoms with Crippen molar-refractivity contribution < 1.29 is 9.90 Å². The van der Waals surface area contributed by atoms with E-state index in [0.717, 1.165) is 17.8 Å². The van der Waals surface area contributed by atoms with Crippen molar-refractivity contribution in [3.8, 4) is 5.69 Å². The molecular weight excluding hydrogens is 370 g/mol. The number of hydrogen-bond donors (Lipinski definition) is 1. The number of aliphatic hydroxyl groups is 1. The third-order valence-electron chi connectivity index (χ3n) is 6.01. The van der Waals surface area contributed by atoms with Gasteiger partial charge in [-0.05, 0) is 24.6 Å². The molecule has 0 unspecified atom stereocenters. The fourth-order valence-electron chi connectivity index (χ4n) is 4.67. The highest BCUT2D eigenvalue weighted by Crippen LogP contribution is 2.41. The van der Waals surface area contributed by atoms with Crippen molar-refractivity contribution in [2.75, 3.05) is 19.7 Å². The molecule has 3 atom stereocenters. The Kier molecular flexibility index (Phi) is 4.28. The number of hydrogen-bond acceptors (Lipinski definition) is 5. The second kappa shape index (κ2) is 6.97. The van der Waals surface area contributed by atoms with E-state index >= 15 is 0 Å². The van der Waals surface area contributed by atoms with Crippen LogP contribution in [0, 0.1) is 5.92 Å². The summed E-state index contributed by atoms with van der Waals surface area (Å²) in [4.78, 5) is 27.3. The minimum absolute atomic E-state index is 0.0273. The molecule has 8 nitrogen and oxygen atoms in total. The van der Waals surface area contributed by atoms with E-state index in [0.29, 0.717) is 18.8 Å². The van der Waals surface area contributed by atoms with Crippen molar-refractivity contribution >= 4 is 5.91 Å². The Morgan fingerprint density at radius 3 is 2.72 bits per heavy atom. The number of pyridine rings is 1. The first kappa shape index (κ1) is 17.8. The fourth-order valence-corrected chi connectivity index (χ4v) is 4.67. The molecule has 148 valence electrons. The predicted octanol–water partition coefficient (Wildman–Crippen LogP) is 1.22. The lowest BCUT2D eigenvalue weighted by Crippen LogP contribution is -2.51. The first-order chi connectivity index (χ1) is 14.2. The van der Waals surface area contributed by atoms with Gasteiger partial charge in [-0.15, -0.1) is 5.10 Å². The Hall–Kier alpha value is -3.26. The summed E-state index contributed by atoms with van der Waals surface area (Å²) in [7, 11) is 0. The Morgan fingerprint density at radius 1 is 1.10 bits per heavy atom. The van der Waals surface area contributed by atoms with Gasteiger partial charge in [0.25, 0.3) is 11.5 Å². The van der Waals surface area contributed by atoms with Crippen LogP contribution < -0.4 is 5.56 Å². The maximum Gasteiger partial charge on any atom is 0.276 e. The van der Waals surface area contributed by atoms with Gasteiger partial charge in [0.15, 0.2) is 5.69 Å². The number of carbonyl (C=O) groups is 1. The molecule has 1 saturated heterocycles. The zero-order chi connectivity index (χ0) is 20.0. The zero-order valence-electron chi connectivity index (χ0n) is 15.8. The molecule has 0 saturated carbocycles. The number of fused-ring (bicyclic) bond motifs is 4. The average molecular weight is 391 g/mol. The largest absolute Gasteiger partial charge is 0.394 e. The number of piperidine rings is 1. The molecule has 0 radical (unpaired) electrons. The van der Waals surface area contributed by atoms with Crippen molar-refractivity contribution in [3.63, 3.8) is 0 Å². The Labute approximate surface area is 167 Å². The standard InChI is InChI=1S/C21H21N5O3/c27-13-19-15-9-14(18-7-4-8-20(28)26(18)19)10-24(11-15)21(29)17-12-25(23-22-17)16-5-2-1-3-6-16/h1-8,12,14-15,19,27H,9-11,13H2/t14-,15+,19+/m1/s1. The number of para-hydroxylation sites is 1. The highest BCUT2D eigenvalue weighted by atomic mass is 16.3. The van der Waals surface area contributed by atoms with Gasteiger partial charge >= 0.3 is 0 Å². The number of rotatable bonds is 3.